The zero-order chi connectivity index (χ0) is 14.5. The molecule has 5 heteroatoms. The molecule has 4 nitrogen and oxygen atoms in total. The van der Waals surface area contributed by atoms with E-state index in [0.29, 0.717) is 6.10 Å². The predicted octanol–water partition coefficient (Wildman–Crippen LogP) is 2.75. The van der Waals surface area contributed by atoms with Crippen LogP contribution in [0.3, 0.4) is 0 Å². The summed E-state index contributed by atoms with van der Waals surface area (Å²) in [6, 6.07) is 10.5. The number of benzene rings is 1. The van der Waals surface area contributed by atoms with E-state index in [1.54, 1.807) is 11.3 Å². The van der Waals surface area contributed by atoms with Crippen molar-refractivity contribution >= 4 is 11.3 Å². The van der Waals surface area contributed by atoms with E-state index in [-0.39, 0.29) is 6.04 Å². The van der Waals surface area contributed by atoms with Crippen LogP contribution in [0.15, 0.2) is 35.7 Å². The van der Waals surface area contributed by atoms with Crippen LogP contribution in [0.1, 0.15) is 24.3 Å². The standard InChI is InChI=1S/C16H21N3OS/c17-19-13(9-14-7-4-8-20-14)10-16-18-15(11-21-16)12-5-2-1-3-6-12/h1-3,5-6,11,13-14,19H,4,7-10,17H2. The molecule has 112 valence electrons. The number of hydrazine groups is 1. The van der Waals surface area contributed by atoms with Gasteiger partial charge in [0.05, 0.1) is 16.8 Å². The van der Waals surface area contributed by atoms with E-state index in [4.69, 9.17) is 15.6 Å². The molecule has 0 saturated carbocycles. The monoisotopic (exact) mass is 303 g/mol. The number of thiazole rings is 1. The minimum absolute atomic E-state index is 0.225. The molecule has 1 aromatic carbocycles. The summed E-state index contributed by atoms with van der Waals surface area (Å²) >= 11 is 1.70. The number of ether oxygens (including phenoxy) is 1. The molecule has 0 radical (unpaired) electrons. The van der Waals surface area contributed by atoms with Crippen LogP contribution in [0.2, 0.25) is 0 Å². The first-order valence-corrected chi connectivity index (χ1v) is 8.30. The molecule has 1 aliphatic rings. The Balaban J connectivity index is 1.62. The molecule has 1 aliphatic heterocycles. The minimum Gasteiger partial charge on any atom is -0.378 e. The van der Waals surface area contributed by atoms with Crippen LogP contribution in [-0.4, -0.2) is 23.7 Å². The highest BCUT2D eigenvalue weighted by molar-refractivity contribution is 7.09. The van der Waals surface area contributed by atoms with E-state index in [1.165, 1.54) is 0 Å². The smallest absolute Gasteiger partial charge is 0.0948 e. The number of aromatic nitrogens is 1. The Bertz CT molecular complexity index is 552. The maximum atomic E-state index is 5.69. The number of rotatable bonds is 6. The second-order valence-electron chi connectivity index (χ2n) is 5.43. The average molecular weight is 303 g/mol. The molecule has 3 N–H and O–H groups in total. The first-order valence-electron chi connectivity index (χ1n) is 7.42. The zero-order valence-electron chi connectivity index (χ0n) is 12.0. The molecule has 0 aliphatic carbocycles. The summed E-state index contributed by atoms with van der Waals surface area (Å²) < 4.78 is 5.68. The van der Waals surface area contributed by atoms with Gasteiger partial charge in [0.15, 0.2) is 0 Å². The third-order valence-electron chi connectivity index (χ3n) is 3.85. The van der Waals surface area contributed by atoms with Crippen molar-refractivity contribution < 1.29 is 4.74 Å². The molecule has 1 aromatic heterocycles. The van der Waals surface area contributed by atoms with Gasteiger partial charge in [-0.15, -0.1) is 11.3 Å². The zero-order valence-corrected chi connectivity index (χ0v) is 12.8. The van der Waals surface area contributed by atoms with E-state index < -0.39 is 0 Å². The van der Waals surface area contributed by atoms with Crippen LogP contribution >= 0.6 is 11.3 Å². The SMILES string of the molecule is NNC(Cc1nc(-c2ccccc2)cs1)CC1CCCO1. The summed E-state index contributed by atoms with van der Waals surface area (Å²) in [4.78, 5) is 4.72. The van der Waals surface area contributed by atoms with Gasteiger partial charge >= 0.3 is 0 Å². The Labute approximate surface area is 129 Å². The maximum Gasteiger partial charge on any atom is 0.0948 e. The van der Waals surface area contributed by atoms with Gasteiger partial charge in [-0.1, -0.05) is 30.3 Å². The molecule has 2 heterocycles. The number of hydrogen-bond donors (Lipinski definition) is 2. The second-order valence-corrected chi connectivity index (χ2v) is 6.37. The summed E-state index contributed by atoms with van der Waals surface area (Å²) in [5, 5.41) is 3.24. The number of nitrogens with zero attached hydrogens (tertiary/aromatic N) is 1. The fourth-order valence-electron chi connectivity index (χ4n) is 2.71. The first-order chi connectivity index (χ1) is 10.3. The van der Waals surface area contributed by atoms with E-state index in [9.17, 15) is 0 Å². The van der Waals surface area contributed by atoms with Crippen LogP contribution in [0.5, 0.6) is 0 Å². The van der Waals surface area contributed by atoms with E-state index in [1.807, 2.05) is 18.2 Å². The molecule has 2 atom stereocenters. The van der Waals surface area contributed by atoms with E-state index in [2.05, 4.69) is 22.9 Å². The Morgan fingerprint density at radius 1 is 1.38 bits per heavy atom. The van der Waals surface area contributed by atoms with Gasteiger partial charge in [-0.3, -0.25) is 11.3 Å². The average Bonchev–Trinajstić information content (AvgIpc) is 3.19. The fourth-order valence-corrected chi connectivity index (χ4v) is 3.60. The number of hydrogen-bond acceptors (Lipinski definition) is 5. The highest BCUT2D eigenvalue weighted by Gasteiger charge is 2.21. The Morgan fingerprint density at radius 3 is 2.95 bits per heavy atom. The summed E-state index contributed by atoms with van der Waals surface area (Å²) in [7, 11) is 0. The molecule has 21 heavy (non-hydrogen) atoms. The molecular weight excluding hydrogens is 282 g/mol. The van der Waals surface area contributed by atoms with Crippen LogP contribution in [0.4, 0.5) is 0 Å². The molecule has 0 bridgehead atoms. The van der Waals surface area contributed by atoms with Crippen molar-refractivity contribution in [1.29, 1.82) is 0 Å². The quantitative estimate of drug-likeness (QED) is 0.636. The lowest BCUT2D eigenvalue weighted by atomic mass is 10.0. The van der Waals surface area contributed by atoms with Gasteiger partial charge in [-0.25, -0.2) is 4.98 Å². The highest BCUT2D eigenvalue weighted by Crippen LogP contribution is 2.24. The van der Waals surface area contributed by atoms with Crippen LogP contribution in [-0.2, 0) is 11.2 Å². The largest absolute Gasteiger partial charge is 0.378 e. The molecular formula is C16H21N3OS. The third-order valence-corrected chi connectivity index (χ3v) is 4.72. The third kappa shape index (κ3) is 3.89. The van der Waals surface area contributed by atoms with Crippen molar-refractivity contribution in [2.75, 3.05) is 6.61 Å². The lowest BCUT2D eigenvalue weighted by Crippen LogP contribution is -2.39. The van der Waals surface area contributed by atoms with E-state index in [0.717, 1.165) is 48.6 Å². The van der Waals surface area contributed by atoms with Gasteiger partial charge in [0.1, 0.15) is 0 Å². The van der Waals surface area contributed by atoms with Crippen molar-refractivity contribution in [1.82, 2.24) is 10.4 Å². The summed E-state index contributed by atoms with van der Waals surface area (Å²) in [6.45, 7) is 0.886. The molecule has 0 amide bonds. The maximum absolute atomic E-state index is 5.69. The minimum atomic E-state index is 0.225. The van der Waals surface area contributed by atoms with Crippen molar-refractivity contribution in [2.24, 2.45) is 5.84 Å². The van der Waals surface area contributed by atoms with Crippen molar-refractivity contribution in [2.45, 2.75) is 37.8 Å². The normalized spacial score (nSPS) is 19.8. The van der Waals surface area contributed by atoms with Crippen LogP contribution in [0.25, 0.3) is 11.3 Å². The van der Waals surface area contributed by atoms with Crippen molar-refractivity contribution in [3.8, 4) is 11.3 Å². The van der Waals surface area contributed by atoms with Gasteiger partial charge in [-0.05, 0) is 19.3 Å². The first kappa shape index (κ1) is 14.7. The molecule has 2 unspecified atom stereocenters. The van der Waals surface area contributed by atoms with Gasteiger partial charge in [-0.2, -0.15) is 0 Å². The topological polar surface area (TPSA) is 60.2 Å². The molecule has 1 fully saturated rings. The molecule has 1 saturated heterocycles. The Kier molecular flexibility index (Phi) is 4.98. The lowest BCUT2D eigenvalue weighted by molar-refractivity contribution is 0.0946. The summed E-state index contributed by atoms with van der Waals surface area (Å²) in [6.07, 6.45) is 4.47. The molecule has 2 aromatic rings. The summed E-state index contributed by atoms with van der Waals surface area (Å²) in [5.74, 6) is 5.69. The predicted molar refractivity (Wildman–Crippen MR) is 86.0 cm³/mol. The lowest BCUT2D eigenvalue weighted by Gasteiger charge is -2.18. The van der Waals surface area contributed by atoms with Crippen molar-refractivity contribution in [3.05, 3.63) is 40.7 Å². The molecule has 3 rings (SSSR count). The second kappa shape index (κ2) is 7.13. The Hall–Kier alpha value is -1.27. The van der Waals surface area contributed by atoms with Gasteiger partial charge < -0.3 is 4.74 Å². The van der Waals surface area contributed by atoms with Crippen LogP contribution in [0, 0.1) is 0 Å². The van der Waals surface area contributed by atoms with Gasteiger partial charge in [0.25, 0.3) is 0 Å². The molecule has 0 spiro atoms. The summed E-state index contributed by atoms with van der Waals surface area (Å²) in [5.41, 5.74) is 5.12. The van der Waals surface area contributed by atoms with Gasteiger partial charge in [0.2, 0.25) is 0 Å². The van der Waals surface area contributed by atoms with Crippen molar-refractivity contribution in [3.63, 3.8) is 0 Å². The van der Waals surface area contributed by atoms with E-state index >= 15 is 0 Å². The van der Waals surface area contributed by atoms with Gasteiger partial charge in [0, 0.05) is 30.0 Å². The van der Waals surface area contributed by atoms with Crippen LogP contribution < -0.4 is 11.3 Å². The number of nitrogens with one attached hydrogen (secondary N) is 1. The fraction of sp³-hybridized carbons (Fsp3) is 0.438. The Morgan fingerprint density at radius 2 is 2.24 bits per heavy atom. The number of nitrogens with two attached hydrogens (primary N) is 1. The highest BCUT2D eigenvalue weighted by atomic mass is 32.1.